The summed E-state index contributed by atoms with van der Waals surface area (Å²) in [5, 5.41) is 0.403. The van der Waals surface area contributed by atoms with Crippen molar-refractivity contribution < 1.29 is 13.5 Å². The highest BCUT2D eigenvalue weighted by molar-refractivity contribution is 6.31. The molecule has 0 heterocycles. The van der Waals surface area contributed by atoms with Gasteiger partial charge in [0.25, 0.3) is 0 Å². The smallest absolute Gasteiger partial charge is 0.148 e. The molecule has 3 aromatic carbocycles. The lowest BCUT2D eigenvalue weighted by Gasteiger charge is -2.13. The highest BCUT2D eigenvalue weighted by Gasteiger charge is 2.11. The molecule has 0 saturated heterocycles. The molecule has 3 rings (SSSR count). The van der Waals surface area contributed by atoms with Crippen LogP contribution in [0.1, 0.15) is 16.7 Å². The zero-order valence-corrected chi connectivity index (χ0v) is 14.6. The Morgan fingerprint density at radius 3 is 2.36 bits per heavy atom. The van der Waals surface area contributed by atoms with Gasteiger partial charge in [0.1, 0.15) is 24.0 Å². The second kappa shape index (κ2) is 7.85. The van der Waals surface area contributed by atoms with Gasteiger partial charge in [-0.05, 0) is 35.4 Å². The van der Waals surface area contributed by atoms with Crippen LogP contribution in [0.5, 0.6) is 5.75 Å². The van der Waals surface area contributed by atoms with E-state index in [0.717, 1.165) is 5.56 Å². The fourth-order valence-electron chi connectivity index (χ4n) is 2.48. The summed E-state index contributed by atoms with van der Waals surface area (Å²) >= 11 is 11.6. The number of halogens is 4. The summed E-state index contributed by atoms with van der Waals surface area (Å²) in [4.78, 5) is 0. The molecule has 0 radical (unpaired) electrons. The number of benzene rings is 3. The molecule has 5 heteroatoms. The third kappa shape index (κ3) is 4.30. The van der Waals surface area contributed by atoms with Crippen LogP contribution >= 0.6 is 23.2 Å². The molecule has 25 heavy (non-hydrogen) atoms. The Labute approximate surface area is 154 Å². The summed E-state index contributed by atoms with van der Waals surface area (Å²) in [5.74, 6) is -0.301. The number of hydrogen-bond acceptors (Lipinski definition) is 1. The van der Waals surface area contributed by atoms with Crippen LogP contribution in [-0.4, -0.2) is 0 Å². The highest BCUT2D eigenvalue weighted by atomic mass is 35.5. The third-order valence-electron chi connectivity index (χ3n) is 3.78. The second-order valence-corrected chi connectivity index (χ2v) is 6.37. The predicted molar refractivity (Wildman–Crippen MR) is 96.4 cm³/mol. The van der Waals surface area contributed by atoms with Crippen LogP contribution in [0.25, 0.3) is 0 Å². The fraction of sp³-hybridized carbons (Fsp3) is 0.100. The summed E-state index contributed by atoms with van der Waals surface area (Å²) in [7, 11) is 0. The molecule has 0 aliphatic heterocycles. The van der Waals surface area contributed by atoms with Crippen molar-refractivity contribution in [1.29, 1.82) is 0 Å². The number of para-hydroxylation sites is 1. The van der Waals surface area contributed by atoms with Gasteiger partial charge in [0.15, 0.2) is 0 Å². The van der Waals surface area contributed by atoms with Crippen LogP contribution in [-0.2, 0) is 13.0 Å². The summed E-state index contributed by atoms with van der Waals surface area (Å²) in [6.07, 6.45) is 0.344. The molecule has 0 aliphatic carbocycles. The summed E-state index contributed by atoms with van der Waals surface area (Å²) < 4.78 is 33.7. The quantitative estimate of drug-likeness (QED) is 0.496. The molecule has 0 amide bonds. The molecular weight excluding hydrogens is 365 g/mol. The van der Waals surface area contributed by atoms with E-state index in [1.165, 1.54) is 12.1 Å². The van der Waals surface area contributed by atoms with Gasteiger partial charge in [-0.25, -0.2) is 8.78 Å². The van der Waals surface area contributed by atoms with Gasteiger partial charge in [0.2, 0.25) is 0 Å². The van der Waals surface area contributed by atoms with Crippen LogP contribution < -0.4 is 4.74 Å². The Balaban J connectivity index is 1.80. The van der Waals surface area contributed by atoms with Crippen molar-refractivity contribution in [1.82, 2.24) is 0 Å². The summed E-state index contributed by atoms with van der Waals surface area (Å²) in [6.45, 7) is 0.0342. The first-order valence-corrected chi connectivity index (χ1v) is 8.37. The SMILES string of the molecule is Fc1cc(Cl)ccc1Cc1ccccc1OCc1cccc(Cl)c1F. The van der Waals surface area contributed by atoms with E-state index in [1.54, 1.807) is 30.3 Å². The molecule has 0 fully saturated rings. The Morgan fingerprint density at radius 1 is 0.800 bits per heavy atom. The monoisotopic (exact) mass is 378 g/mol. The van der Waals surface area contributed by atoms with Gasteiger partial charge in [-0.2, -0.15) is 0 Å². The maximum absolute atomic E-state index is 14.0. The van der Waals surface area contributed by atoms with E-state index in [0.29, 0.717) is 28.3 Å². The van der Waals surface area contributed by atoms with Crippen LogP contribution in [0.3, 0.4) is 0 Å². The zero-order valence-electron chi connectivity index (χ0n) is 13.1. The van der Waals surface area contributed by atoms with Crippen molar-refractivity contribution in [3.8, 4) is 5.75 Å². The van der Waals surface area contributed by atoms with Gasteiger partial charge in [-0.1, -0.05) is 59.6 Å². The maximum atomic E-state index is 14.0. The van der Waals surface area contributed by atoms with Gasteiger partial charge in [-0.15, -0.1) is 0 Å². The maximum Gasteiger partial charge on any atom is 0.148 e. The van der Waals surface area contributed by atoms with E-state index < -0.39 is 5.82 Å². The molecule has 0 saturated carbocycles. The van der Waals surface area contributed by atoms with Crippen LogP contribution in [0, 0.1) is 11.6 Å². The fourth-order valence-corrected chi connectivity index (χ4v) is 2.83. The highest BCUT2D eigenvalue weighted by Crippen LogP contribution is 2.26. The van der Waals surface area contributed by atoms with E-state index in [-0.39, 0.29) is 17.4 Å². The average molecular weight is 379 g/mol. The predicted octanol–water partition coefficient (Wildman–Crippen LogP) is 6.44. The molecule has 128 valence electrons. The van der Waals surface area contributed by atoms with E-state index in [1.807, 2.05) is 18.2 Å². The van der Waals surface area contributed by atoms with Crippen molar-refractivity contribution in [2.24, 2.45) is 0 Å². The minimum Gasteiger partial charge on any atom is -0.489 e. The molecule has 0 spiro atoms. The summed E-state index contributed by atoms with van der Waals surface area (Å²) in [6, 6.07) is 16.6. The first kappa shape index (κ1) is 17.7. The van der Waals surface area contributed by atoms with Crippen molar-refractivity contribution in [3.05, 3.63) is 99.0 Å². The lowest BCUT2D eigenvalue weighted by atomic mass is 10.0. The lowest BCUT2D eigenvalue weighted by molar-refractivity contribution is 0.297. The van der Waals surface area contributed by atoms with Crippen molar-refractivity contribution in [2.75, 3.05) is 0 Å². The van der Waals surface area contributed by atoms with Gasteiger partial charge >= 0.3 is 0 Å². The Morgan fingerprint density at radius 2 is 1.56 bits per heavy atom. The summed E-state index contributed by atoms with van der Waals surface area (Å²) in [5.41, 5.74) is 1.67. The molecule has 0 atom stereocenters. The van der Waals surface area contributed by atoms with Gasteiger partial charge in [-0.3, -0.25) is 0 Å². The van der Waals surface area contributed by atoms with Crippen molar-refractivity contribution >= 4 is 23.2 Å². The van der Waals surface area contributed by atoms with Gasteiger partial charge < -0.3 is 4.74 Å². The Hall–Kier alpha value is -2.10. The van der Waals surface area contributed by atoms with Crippen LogP contribution in [0.2, 0.25) is 10.0 Å². The van der Waals surface area contributed by atoms with Crippen molar-refractivity contribution in [2.45, 2.75) is 13.0 Å². The minimum absolute atomic E-state index is 0.0342. The molecular formula is C20H14Cl2F2O. The van der Waals surface area contributed by atoms with Crippen LogP contribution in [0.4, 0.5) is 8.78 Å². The zero-order chi connectivity index (χ0) is 17.8. The molecule has 0 aromatic heterocycles. The van der Waals surface area contributed by atoms with Gasteiger partial charge in [0.05, 0.1) is 5.02 Å². The Kier molecular flexibility index (Phi) is 5.57. The normalized spacial score (nSPS) is 10.7. The second-order valence-electron chi connectivity index (χ2n) is 5.52. The van der Waals surface area contributed by atoms with E-state index in [9.17, 15) is 8.78 Å². The average Bonchev–Trinajstić information content (AvgIpc) is 2.60. The third-order valence-corrected chi connectivity index (χ3v) is 4.31. The van der Waals surface area contributed by atoms with Crippen molar-refractivity contribution in [3.63, 3.8) is 0 Å². The Bertz CT molecular complexity index is 897. The van der Waals surface area contributed by atoms with Gasteiger partial charge in [0, 0.05) is 17.0 Å². The van der Waals surface area contributed by atoms with E-state index >= 15 is 0 Å². The first-order valence-electron chi connectivity index (χ1n) is 7.62. The molecule has 1 nitrogen and oxygen atoms in total. The van der Waals surface area contributed by atoms with E-state index in [2.05, 4.69) is 0 Å². The largest absolute Gasteiger partial charge is 0.489 e. The minimum atomic E-state index is -0.495. The molecule has 3 aromatic rings. The molecule has 0 unspecified atom stereocenters. The van der Waals surface area contributed by atoms with E-state index in [4.69, 9.17) is 27.9 Å². The number of hydrogen-bond donors (Lipinski definition) is 0. The lowest BCUT2D eigenvalue weighted by Crippen LogP contribution is -2.02. The molecule has 0 bridgehead atoms. The molecule has 0 N–H and O–H groups in total. The molecule has 0 aliphatic rings. The number of rotatable bonds is 5. The topological polar surface area (TPSA) is 9.23 Å². The number of ether oxygens (including phenoxy) is 1. The first-order chi connectivity index (χ1) is 12.0. The van der Waals surface area contributed by atoms with Crippen LogP contribution in [0.15, 0.2) is 60.7 Å². The standard InChI is InChI=1S/C20H14Cl2F2O/c21-16-9-8-13(18(23)11-16)10-14-4-1-2-7-19(14)25-12-15-5-3-6-17(22)20(15)24/h1-9,11H,10,12H2.